The van der Waals surface area contributed by atoms with E-state index in [4.69, 9.17) is 9.16 Å². The van der Waals surface area contributed by atoms with Gasteiger partial charge in [0.1, 0.15) is 0 Å². The number of rotatable bonds is 9. The fourth-order valence-corrected chi connectivity index (χ4v) is 2.83. The fourth-order valence-electron chi connectivity index (χ4n) is 1.79. The molecule has 22 heavy (non-hydrogen) atoms. The van der Waals surface area contributed by atoms with Crippen LogP contribution in [-0.2, 0) is 15.8 Å². The fraction of sp³-hybridized carbons (Fsp3) is 0.667. The lowest BCUT2D eigenvalue weighted by molar-refractivity contribution is 0.0699. The van der Waals surface area contributed by atoms with E-state index in [2.05, 4.69) is 46.0 Å². The molecule has 0 aromatic heterocycles. The summed E-state index contributed by atoms with van der Waals surface area (Å²) in [5, 5.41) is 10.2. The van der Waals surface area contributed by atoms with E-state index in [1.165, 1.54) is 5.56 Å². The second-order valence-electron chi connectivity index (χ2n) is 7.41. The molecule has 4 heteroatoms. The average Bonchev–Trinajstić information content (AvgIpc) is 2.45. The summed E-state index contributed by atoms with van der Waals surface area (Å²) in [6, 6.07) is 10.1. The predicted molar refractivity (Wildman–Crippen MR) is 94.5 cm³/mol. The van der Waals surface area contributed by atoms with Crippen molar-refractivity contribution in [3.63, 3.8) is 0 Å². The van der Waals surface area contributed by atoms with Gasteiger partial charge in [-0.3, -0.25) is 0 Å². The van der Waals surface area contributed by atoms with Crippen LogP contribution in [0.2, 0.25) is 18.1 Å². The van der Waals surface area contributed by atoms with Gasteiger partial charge in [-0.25, -0.2) is 0 Å². The van der Waals surface area contributed by atoms with Gasteiger partial charge in [0.05, 0.1) is 19.3 Å². The van der Waals surface area contributed by atoms with Crippen molar-refractivity contribution in [1.29, 1.82) is 0 Å². The maximum absolute atomic E-state index is 10.0. The highest BCUT2D eigenvalue weighted by Crippen LogP contribution is 2.36. The van der Waals surface area contributed by atoms with Crippen LogP contribution >= 0.6 is 0 Å². The summed E-state index contributed by atoms with van der Waals surface area (Å²) < 4.78 is 11.7. The Labute approximate surface area is 136 Å². The van der Waals surface area contributed by atoms with Crippen molar-refractivity contribution in [2.24, 2.45) is 0 Å². The minimum atomic E-state index is -1.76. The maximum atomic E-state index is 10.0. The van der Waals surface area contributed by atoms with Gasteiger partial charge in [-0.1, -0.05) is 51.1 Å². The van der Waals surface area contributed by atoms with Crippen molar-refractivity contribution in [2.45, 2.75) is 64.5 Å². The Kier molecular flexibility index (Phi) is 7.76. The Balaban J connectivity index is 2.12. The first-order valence-electron chi connectivity index (χ1n) is 8.16. The third kappa shape index (κ3) is 7.05. The van der Waals surface area contributed by atoms with Gasteiger partial charge >= 0.3 is 0 Å². The highest BCUT2D eigenvalue weighted by Gasteiger charge is 2.37. The van der Waals surface area contributed by atoms with E-state index in [0.29, 0.717) is 19.8 Å². The van der Waals surface area contributed by atoms with E-state index in [1.807, 2.05) is 18.2 Å². The molecule has 0 fully saturated rings. The quantitative estimate of drug-likeness (QED) is 0.541. The molecule has 0 aliphatic rings. The molecule has 0 saturated heterocycles. The molecule has 3 nitrogen and oxygen atoms in total. The Morgan fingerprint density at radius 2 is 1.77 bits per heavy atom. The summed E-state index contributed by atoms with van der Waals surface area (Å²) >= 11 is 0. The third-order valence-corrected chi connectivity index (χ3v) is 8.88. The van der Waals surface area contributed by atoms with Crippen molar-refractivity contribution in [2.75, 3.05) is 13.2 Å². The molecule has 0 aliphatic heterocycles. The normalized spacial score (nSPS) is 14.1. The Morgan fingerprint density at radius 1 is 1.14 bits per heavy atom. The lowest BCUT2D eigenvalue weighted by Crippen LogP contribution is -2.42. The van der Waals surface area contributed by atoms with E-state index in [0.717, 1.165) is 12.8 Å². The van der Waals surface area contributed by atoms with Gasteiger partial charge in [0.25, 0.3) is 0 Å². The summed E-state index contributed by atoms with van der Waals surface area (Å²) in [6.07, 6.45) is 1.19. The molecule has 126 valence electrons. The summed E-state index contributed by atoms with van der Waals surface area (Å²) in [6.45, 7) is 12.8. The SMILES string of the molecule is CC(C)(C)[Si](C)(C)OC[C@H](O)CCCOCc1ccccc1. The second kappa shape index (κ2) is 8.82. The molecule has 1 atom stereocenters. The molecule has 0 amide bonds. The molecule has 0 saturated carbocycles. The van der Waals surface area contributed by atoms with Gasteiger partial charge in [0.2, 0.25) is 0 Å². The molecule has 1 rings (SSSR count). The molecule has 1 N–H and O–H groups in total. The van der Waals surface area contributed by atoms with Gasteiger partial charge in [-0.05, 0) is 36.5 Å². The van der Waals surface area contributed by atoms with Crippen molar-refractivity contribution in [3.05, 3.63) is 35.9 Å². The number of aliphatic hydroxyl groups excluding tert-OH is 1. The standard InChI is InChI=1S/C18H32O3Si/c1-18(2,3)22(4,5)21-15-17(19)12-9-13-20-14-16-10-7-6-8-11-16/h6-8,10-11,17,19H,9,12-15H2,1-5H3/t17-/m1/s1. The van der Waals surface area contributed by atoms with Crippen molar-refractivity contribution < 1.29 is 14.3 Å². The van der Waals surface area contributed by atoms with Gasteiger partial charge in [0, 0.05) is 6.61 Å². The second-order valence-corrected chi connectivity index (χ2v) is 12.2. The average molecular weight is 325 g/mol. The molecular formula is C18H32O3Si. The summed E-state index contributed by atoms with van der Waals surface area (Å²) in [5.74, 6) is 0. The molecule has 0 unspecified atom stereocenters. The Bertz CT molecular complexity index is 412. The minimum absolute atomic E-state index is 0.186. The lowest BCUT2D eigenvalue weighted by Gasteiger charge is -2.36. The lowest BCUT2D eigenvalue weighted by atomic mass is 10.2. The Hall–Kier alpha value is -0.683. The van der Waals surface area contributed by atoms with E-state index in [9.17, 15) is 5.11 Å². The highest BCUT2D eigenvalue weighted by atomic mass is 28.4. The van der Waals surface area contributed by atoms with E-state index < -0.39 is 14.4 Å². The smallest absolute Gasteiger partial charge is 0.192 e. The van der Waals surface area contributed by atoms with Crippen LogP contribution in [0.3, 0.4) is 0 Å². The largest absolute Gasteiger partial charge is 0.414 e. The molecule has 0 radical (unpaired) electrons. The van der Waals surface area contributed by atoms with E-state index in [-0.39, 0.29) is 5.04 Å². The number of hydrogen-bond donors (Lipinski definition) is 1. The topological polar surface area (TPSA) is 38.7 Å². The van der Waals surface area contributed by atoms with Crippen LogP contribution in [0.4, 0.5) is 0 Å². The van der Waals surface area contributed by atoms with Crippen LogP contribution in [0.15, 0.2) is 30.3 Å². The van der Waals surface area contributed by atoms with Gasteiger partial charge in [-0.15, -0.1) is 0 Å². The van der Waals surface area contributed by atoms with Crippen molar-refractivity contribution >= 4 is 8.32 Å². The molecule has 0 heterocycles. The van der Waals surface area contributed by atoms with Gasteiger partial charge in [-0.2, -0.15) is 0 Å². The summed E-state index contributed by atoms with van der Waals surface area (Å²) in [5.41, 5.74) is 1.18. The summed E-state index contributed by atoms with van der Waals surface area (Å²) in [4.78, 5) is 0. The molecular weight excluding hydrogens is 292 g/mol. The maximum Gasteiger partial charge on any atom is 0.192 e. The number of benzene rings is 1. The minimum Gasteiger partial charge on any atom is -0.414 e. The van der Waals surface area contributed by atoms with Crippen LogP contribution in [0, 0.1) is 0 Å². The summed E-state index contributed by atoms with van der Waals surface area (Å²) in [7, 11) is -1.76. The van der Waals surface area contributed by atoms with E-state index in [1.54, 1.807) is 0 Å². The van der Waals surface area contributed by atoms with Gasteiger partial charge in [0.15, 0.2) is 8.32 Å². The third-order valence-electron chi connectivity index (χ3n) is 4.38. The van der Waals surface area contributed by atoms with Gasteiger partial charge < -0.3 is 14.3 Å². The predicted octanol–water partition coefficient (Wildman–Crippen LogP) is 4.37. The monoisotopic (exact) mass is 324 g/mol. The highest BCUT2D eigenvalue weighted by molar-refractivity contribution is 6.74. The number of ether oxygens (including phenoxy) is 1. The Morgan fingerprint density at radius 3 is 2.36 bits per heavy atom. The van der Waals surface area contributed by atoms with Crippen molar-refractivity contribution in [1.82, 2.24) is 0 Å². The molecule has 0 spiro atoms. The number of hydrogen-bond acceptors (Lipinski definition) is 3. The first-order valence-corrected chi connectivity index (χ1v) is 11.1. The van der Waals surface area contributed by atoms with Crippen LogP contribution in [-0.4, -0.2) is 32.7 Å². The zero-order chi connectivity index (χ0) is 16.6. The van der Waals surface area contributed by atoms with Crippen molar-refractivity contribution in [3.8, 4) is 0 Å². The first kappa shape index (κ1) is 19.4. The zero-order valence-corrected chi connectivity index (χ0v) is 15.8. The molecule has 1 aromatic rings. The first-order chi connectivity index (χ1) is 10.2. The van der Waals surface area contributed by atoms with E-state index >= 15 is 0 Å². The van der Waals surface area contributed by atoms with Crippen LogP contribution in [0.25, 0.3) is 0 Å². The van der Waals surface area contributed by atoms with Crippen LogP contribution < -0.4 is 0 Å². The number of aliphatic hydroxyl groups is 1. The molecule has 0 bridgehead atoms. The molecule has 0 aliphatic carbocycles. The zero-order valence-electron chi connectivity index (χ0n) is 14.8. The van der Waals surface area contributed by atoms with Crippen LogP contribution in [0.5, 0.6) is 0 Å². The molecule has 1 aromatic carbocycles. The van der Waals surface area contributed by atoms with Crippen LogP contribution in [0.1, 0.15) is 39.2 Å².